The van der Waals surface area contributed by atoms with Crippen LogP contribution in [0.3, 0.4) is 0 Å². The highest BCUT2D eigenvalue weighted by Crippen LogP contribution is 2.17. The average Bonchev–Trinajstić information content (AvgIpc) is 2.66. The second-order valence-electron chi connectivity index (χ2n) is 3.33. The first-order chi connectivity index (χ1) is 7.29. The molecule has 2 aromatic heterocycles. The van der Waals surface area contributed by atoms with Gasteiger partial charge in [-0.05, 0) is 25.1 Å². The number of hydrogen-bond donors (Lipinski definition) is 1. The molecular formula is C11H14N4. The average molecular weight is 202 g/mol. The standard InChI is InChI=1S/C11H14N4/c1-3-12-9-4-6-13-11(8-9)10-5-7-15(2)14-10/h4-8H,3H2,1-2H3,(H,12,13). The van der Waals surface area contributed by atoms with Gasteiger partial charge in [-0.15, -0.1) is 0 Å². The molecule has 1 N–H and O–H groups in total. The van der Waals surface area contributed by atoms with Gasteiger partial charge in [-0.1, -0.05) is 0 Å². The largest absolute Gasteiger partial charge is 0.385 e. The molecule has 0 spiro atoms. The summed E-state index contributed by atoms with van der Waals surface area (Å²) in [7, 11) is 1.90. The van der Waals surface area contributed by atoms with E-state index in [4.69, 9.17) is 0 Å². The molecule has 0 aliphatic heterocycles. The van der Waals surface area contributed by atoms with Crippen molar-refractivity contribution in [2.75, 3.05) is 11.9 Å². The lowest BCUT2D eigenvalue weighted by molar-refractivity contribution is 0.770. The lowest BCUT2D eigenvalue weighted by Crippen LogP contribution is -1.97. The van der Waals surface area contributed by atoms with Gasteiger partial charge in [0.15, 0.2) is 0 Å². The lowest BCUT2D eigenvalue weighted by atomic mass is 10.2. The van der Waals surface area contributed by atoms with Crippen molar-refractivity contribution in [3.05, 3.63) is 30.6 Å². The summed E-state index contributed by atoms with van der Waals surface area (Å²) in [6.07, 6.45) is 3.71. The minimum absolute atomic E-state index is 0.897. The van der Waals surface area contributed by atoms with Crippen LogP contribution >= 0.6 is 0 Å². The molecule has 0 bridgehead atoms. The van der Waals surface area contributed by atoms with Gasteiger partial charge in [0.25, 0.3) is 0 Å². The molecule has 4 nitrogen and oxygen atoms in total. The minimum Gasteiger partial charge on any atom is -0.385 e. The van der Waals surface area contributed by atoms with Crippen LogP contribution in [0.1, 0.15) is 6.92 Å². The number of rotatable bonds is 3. The number of aryl methyl sites for hydroxylation is 1. The van der Waals surface area contributed by atoms with Crippen molar-refractivity contribution in [1.82, 2.24) is 14.8 Å². The third kappa shape index (κ3) is 2.15. The smallest absolute Gasteiger partial charge is 0.111 e. The Labute approximate surface area is 89.0 Å². The molecule has 0 aliphatic carbocycles. The van der Waals surface area contributed by atoms with E-state index in [-0.39, 0.29) is 0 Å². The van der Waals surface area contributed by atoms with E-state index >= 15 is 0 Å². The molecule has 0 radical (unpaired) electrons. The zero-order valence-electron chi connectivity index (χ0n) is 8.94. The third-order valence-electron chi connectivity index (χ3n) is 2.12. The second kappa shape index (κ2) is 4.13. The van der Waals surface area contributed by atoms with Crippen molar-refractivity contribution in [3.8, 4) is 11.4 Å². The number of anilines is 1. The van der Waals surface area contributed by atoms with Gasteiger partial charge in [0.2, 0.25) is 0 Å². The molecule has 0 amide bonds. The van der Waals surface area contributed by atoms with E-state index < -0.39 is 0 Å². The fourth-order valence-electron chi connectivity index (χ4n) is 1.44. The van der Waals surface area contributed by atoms with Crippen LogP contribution in [0.5, 0.6) is 0 Å². The van der Waals surface area contributed by atoms with Crippen LogP contribution in [-0.2, 0) is 7.05 Å². The molecule has 0 aromatic carbocycles. The molecule has 2 heterocycles. The number of nitrogens with one attached hydrogen (secondary N) is 1. The highest BCUT2D eigenvalue weighted by molar-refractivity contribution is 5.60. The van der Waals surface area contributed by atoms with E-state index in [2.05, 4.69) is 22.3 Å². The van der Waals surface area contributed by atoms with Crippen LogP contribution in [-0.4, -0.2) is 21.3 Å². The molecule has 0 saturated heterocycles. The molecular weight excluding hydrogens is 188 g/mol. The summed E-state index contributed by atoms with van der Waals surface area (Å²) in [5.74, 6) is 0. The normalized spacial score (nSPS) is 10.3. The van der Waals surface area contributed by atoms with Crippen molar-refractivity contribution in [1.29, 1.82) is 0 Å². The topological polar surface area (TPSA) is 42.7 Å². The molecule has 2 aromatic rings. The number of aromatic nitrogens is 3. The Kier molecular flexibility index (Phi) is 2.67. The van der Waals surface area contributed by atoms with E-state index in [1.165, 1.54) is 0 Å². The van der Waals surface area contributed by atoms with Gasteiger partial charge in [0.1, 0.15) is 5.69 Å². The van der Waals surface area contributed by atoms with Gasteiger partial charge in [-0.3, -0.25) is 9.67 Å². The van der Waals surface area contributed by atoms with E-state index in [9.17, 15) is 0 Å². The zero-order valence-corrected chi connectivity index (χ0v) is 8.94. The van der Waals surface area contributed by atoms with Crippen molar-refractivity contribution in [2.24, 2.45) is 7.05 Å². The second-order valence-corrected chi connectivity index (χ2v) is 3.33. The molecule has 0 unspecified atom stereocenters. The highest BCUT2D eigenvalue weighted by atomic mass is 15.2. The number of pyridine rings is 1. The Morgan fingerprint density at radius 3 is 2.87 bits per heavy atom. The van der Waals surface area contributed by atoms with Crippen LogP contribution in [0.4, 0.5) is 5.69 Å². The molecule has 0 atom stereocenters. The predicted molar refractivity (Wildman–Crippen MR) is 60.6 cm³/mol. The van der Waals surface area contributed by atoms with Crippen LogP contribution in [0.15, 0.2) is 30.6 Å². The molecule has 0 aliphatic rings. The summed E-state index contributed by atoms with van der Waals surface area (Å²) in [6, 6.07) is 5.92. The quantitative estimate of drug-likeness (QED) is 0.826. The van der Waals surface area contributed by atoms with E-state index in [0.29, 0.717) is 0 Å². The molecule has 0 saturated carbocycles. The maximum Gasteiger partial charge on any atom is 0.111 e. The summed E-state index contributed by atoms with van der Waals surface area (Å²) in [6.45, 7) is 2.98. The van der Waals surface area contributed by atoms with Crippen molar-refractivity contribution >= 4 is 5.69 Å². The van der Waals surface area contributed by atoms with E-state index in [1.54, 1.807) is 10.9 Å². The molecule has 15 heavy (non-hydrogen) atoms. The lowest BCUT2D eigenvalue weighted by Gasteiger charge is -2.03. The monoisotopic (exact) mass is 202 g/mol. The van der Waals surface area contributed by atoms with Crippen LogP contribution in [0.2, 0.25) is 0 Å². The maximum atomic E-state index is 4.31. The third-order valence-corrected chi connectivity index (χ3v) is 2.12. The van der Waals surface area contributed by atoms with Gasteiger partial charge in [0.05, 0.1) is 5.69 Å². The maximum absolute atomic E-state index is 4.31. The first-order valence-corrected chi connectivity index (χ1v) is 4.99. The Bertz CT molecular complexity index is 447. The Balaban J connectivity index is 2.32. The van der Waals surface area contributed by atoms with Gasteiger partial charge in [0, 0.05) is 31.7 Å². The summed E-state index contributed by atoms with van der Waals surface area (Å²) in [5.41, 5.74) is 2.87. The SMILES string of the molecule is CCNc1ccnc(-c2ccn(C)n2)c1. The molecule has 2 rings (SSSR count). The van der Waals surface area contributed by atoms with Crippen molar-refractivity contribution in [2.45, 2.75) is 6.92 Å². The van der Waals surface area contributed by atoms with Gasteiger partial charge in [-0.25, -0.2) is 0 Å². The summed E-state index contributed by atoms with van der Waals surface area (Å²) in [5, 5.41) is 7.56. The Morgan fingerprint density at radius 1 is 1.33 bits per heavy atom. The fourth-order valence-corrected chi connectivity index (χ4v) is 1.44. The van der Waals surface area contributed by atoms with Crippen LogP contribution in [0, 0.1) is 0 Å². The van der Waals surface area contributed by atoms with Crippen molar-refractivity contribution < 1.29 is 0 Å². The van der Waals surface area contributed by atoms with Gasteiger partial charge < -0.3 is 5.32 Å². The number of nitrogens with zero attached hydrogens (tertiary/aromatic N) is 3. The highest BCUT2D eigenvalue weighted by Gasteiger charge is 2.02. The van der Waals surface area contributed by atoms with E-state index in [1.807, 2.05) is 31.4 Å². The molecule has 0 fully saturated rings. The fraction of sp³-hybridized carbons (Fsp3) is 0.273. The Morgan fingerprint density at radius 2 is 2.20 bits per heavy atom. The molecule has 4 heteroatoms. The summed E-state index contributed by atoms with van der Waals surface area (Å²) < 4.78 is 1.77. The van der Waals surface area contributed by atoms with Gasteiger partial charge in [-0.2, -0.15) is 5.10 Å². The van der Waals surface area contributed by atoms with Crippen molar-refractivity contribution in [3.63, 3.8) is 0 Å². The Hall–Kier alpha value is -1.84. The van der Waals surface area contributed by atoms with E-state index in [0.717, 1.165) is 23.6 Å². The van der Waals surface area contributed by atoms with Crippen LogP contribution < -0.4 is 5.32 Å². The first kappa shape index (κ1) is 9.71. The van der Waals surface area contributed by atoms with Crippen LogP contribution in [0.25, 0.3) is 11.4 Å². The first-order valence-electron chi connectivity index (χ1n) is 4.99. The minimum atomic E-state index is 0.897. The zero-order chi connectivity index (χ0) is 10.7. The summed E-state index contributed by atoms with van der Waals surface area (Å²) >= 11 is 0. The molecule has 78 valence electrons. The number of hydrogen-bond acceptors (Lipinski definition) is 3. The predicted octanol–water partition coefficient (Wildman–Crippen LogP) is 1.91. The van der Waals surface area contributed by atoms with Gasteiger partial charge >= 0.3 is 0 Å². The summed E-state index contributed by atoms with van der Waals surface area (Å²) in [4.78, 5) is 4.29.